The quantitative estimate of drug-likeness (QED) is 0.168. The molecule has 0 amide bonds. The highest BCUT2D eigenvalue weighted by Gasteiger charge is 2.74. The lowest BCUT2D eigenvalue weighted by atomic mass is 10.0. The summed E-state index contributed by atoms with van der Waals surface area (Å²) in [5, 5.41) is 11.7. The summed E-state index contributed by atoms with van der Waals surface area (Å²) in [6, 6.07) is -0.683. The highest BCUT2D eigenvalue weighted by Crippen LogP contribution is 2.73. The fourth-order valence-electron chi connectivity index (χ4n) is 7.39. The number of aryl methyl sites for hydroxylation is 1. The molecule has 8 rings (SSSR count). The van der Waals surface area contributed by atoms with E-state index in [-0.39, 0.29) is 42.7 Å². The van der Waals surface area contributed by atoms with Gasteiger partial charge in [0, 0.05) is 12.5 Å². The van der Waals surface area contributed by atoms with E-state index in [0.717, 1.165) is 0 Å². The molecule has 4 aliphatic rings. The molecule has 2 bridgehead atoms. The molecule has 2 aliphatic carbocycles. The van der Waals surface area contributed by atoms with Crippen molar-refractivity contribution in [2.75, 3.05) is 32.7 Å². The number of nitrogen functional groups attached to an aromatic ring is 1. The zero-order valence-corrected chi connectivity index (χ0v) is 28.9. The molecular weight excluding hydrogens is 708 g/mol. The summed E-state index contributed by atoms with van der Waals surface area (Å²) < 4.78 is 73.1. The largest absolute Gasteiger partial charge is 0.475 e. The van der Waals surface area contributed by atoms with Crippen LogP contribution in [0.4, 0.5) is 5.82 Å². The van der Waals surface area contributed by atoms with Gasteiger partial charge in [0.25, 0.3) is 5.56 Å². The number of nitrogens with zero attached hydrogens (tertiary/aromatic N) is 7. The summed E-state index contributed by atoms with van der Waals surface area (Å²) in [5.41, 5.74) is 5.44. The molecule has 4 aromatic rings. The molecule has 49 heavy (non-hydrogen) atoms. The number of hydrogen-bond acceptors (Lipinski definition) is 17. The van der Waals surface area contributed by atoms with Gasteiger partial charge in [0.1, 0.15) is 48.2 Å². The average Bonchev–Trinajstić information content (AvgIpc) is 3.35. The highest BCUT2D eigenvalue weighted by molar-refractivity contribution is 8.44. The lowest BCUT2D eigenvalue weighted by Crippen LogP contribution is -2.37. The number of aromatic amines is 1. The van der Waals surface area contributed by atoms with Crippen LogP contribution in [0.25, 0.3) is 22.3 Å². The van der Waals surface area contributed by atoms with Crippen molar-refractivity contribution in [1.29, 1.82) is 0 Å². The number of ether oxygens (including phenoxy) is 2. The first-order valence-corrected chi connectivity index (χ1v) is 19.5. The first-order chi connectivity index (χ1) is 23.4. The Kier molecular flexibility index (Phi) is 8.08. The van der Waals surface area contributed by atoms with Gasteiger partial charge in [-0.25, -0.2) is 34.0 Å². The number of H-pyrrole nitrogens is 1. The van der Waals surface area contributed by atoms with Gasteiger partial charge in [-0.15, -0.1) is 0 Å². The van der Waals surface area contributed by atoms with Crippen molar-refractivity contribution in [2.45, 2.75) is 63.1 Å². The van der Waals surface area contributed by atoms with Crippen molar-refractivity contribution >= 4 is 55.0 Å². The standard InChI is InChI=1S/C26H33N9O11P2S/c1-4-41-47(38)43-7-26-5-12(26)16(34-9-30-14-21(27)28-8-29-22(14)34)17(36)20(26)46-48(39,49)42-6-13-18(40-3)19(45-47)25(44-13)35-10-31-15-23(35)32-11(2)33-24(15)37/h8-10,12-13,16-20,25,36H,4-7H2,1-3H3,(H,39,49)(H2,27,28,29)(H,32,33,37)/t12-,13-,16-,17+,18-,19-,20+,25-,26?,47-,48+/m1/s1. The van der Waals surface area contributed by atoms with Crippen LogP contribution in [0, 0.1) is 18.3 Å². The second-order valence-electron chi connectivity index (χ2n) is 12.3. The molecule has 4 aromatic heterocycles. The maximum absolute atomic E-state index is 14.4. The minimum atomic E-state index is -4.44. The number of anilines is 1. The van der Waals surface area contributed by atoms with E-state index in [1.165, 1.54) is 30.7 Å². The van der Waals surface area contributed by atoms with Crippen LogP contribution in [0.3, 0.4) is 0 Å². The summed E-state index contributed by atoms with van der Waals surface area (Å²) in [5.74, 6) is 0.137. The summed E-state index contributed by atoms with van der Waals surface area (Å²) in [7, 11) is -3.06. The Morgan fingerprint density at radius 2 is 1.92 bits per heavy atom. The van der Waals surface area contributed by atoms with Crippen LogP contribution < -0.4 is 11.3 Å². The Morgan fingerprint density at radius 3 is 2.69 bits per heavy atom. The Hall–Kier alpha value is -2.81. The average molecular weight is 742 g/mol. The van der Waals surface area contributed by atoms with Gasteiger partial charge in [0.2, 0.25) is 0 Å². The Morgan fingerprint density at radius 1 is 1.14 bits per heavy atom. The van der Waals surface area contributed by atoms with Crippen LogP contribution in [-0.4, -0.2) is 102 Å². The van der Waals surface area contributed by atoms with Crippen molar-refractivity contribution in [2.24, 2.45) is 11.3 Å². The van der Waals surface area contributed by atoms with Crippen LogP contribution in [0.1, 0.15) is 31.4 Å². The van der Waals surface area contributed by atoms with Crippen molar-refractivity contribution in [3.05, 3.63) is 35.2 Å². The number of rotatable bonds is 5. The Bertz CT molecular complexity index is 2100. The Balaban J connectivity index is 1.18. The highest BCUT2D eigenvalue weighted by atomic mass is 32.7. The van der Waals surface area contributed by atoms with Crippen LogP contribution in [0.15, 0.2) is 23.8 Å². The molecule has 20 nitrogen and oxygen atoms in total. The van der Waals surface area contributed by atoms with E-state index in [4.69, 9.17) is 37.8 Å². The van der Waals surface area contributed by atoms with E-state index in [0.29, 0.717) is 23.4 Å². The minimum Gasteiger partial charge on any atom is -0.388 e. The summed E-state index contributed by atoms with van der Waals surface area (Å²) >= 11 is 4.27. The number of aromatic nitrogens is 8. The van der Waals surface area contributed by atoms with Crippen molar-refractivity contribution < 1.29 is 46.3 Å². The number of aliphatic hydroxyl groups is 1. The molecule has 0 radical (unpaired) electrons. The lowest BCUT2D eigenvalue weighted by Gasteiger charge is -2.31. The fourth-order valence-corrected chi connectivity index (χ4v) is 10.3. The number of fused-ring (bicyclic) bond motifs is 4. The summed E-state index contributed by atoms with van der Waals surface area (Å²) in [6.45, 7) is -1.74. The summed E-state index contributed by atoms with van der Waals surface area (Å²) in [4.78, 5) is 36.5. The van der Waals surface area contributed by atoms with Gasteiger partial charge in [-0.3, -0.25) is 32.0 Å². The molecule has 1 unspecified atom stereocenters. The number of aliphatic hydroxyl groups excluding tert-OH is 1. The number of hydrogen-bond donors (Lipinski definition) is 4. The number of phosphoric acid groups is 1. The maximum atomic E-state index is 14.4. The van der Waals surface area contributed by atoms with Gasteiger partial charge < -0.3 is 29.9 Å². The molecular formula is C26H33N9O11P2S. The predicted octanol–water partition coefficient (Wildman–Crippen LogP) is 1.68. The Labute approximate surface area is 282 Å². The fraction of sp³-hybridized carbons (Fsp3) is 0.615. The lowest BCUT2D eigenvalue weighted by molar-refractivity contribution is -0.0612. The topological polar surface area (TPSA) is 252 Å². The third-order valence-corrected chi connectivity index (χ3v) is 12.7. The first kappa shape index (κ1) is 33.3. The van der Waals surface area contributed by atoms with E-state index in [9.17, 15) is 19.0 Å². The minimum absolute atomic E-state index is 0.0348. The van der Waals surface area contributed by atoms with Crippen LogP contribution in [0.2, 0.25) is 0 Å². The first-order valence-electron chi connectivity index (χ1n) is 15.3. The molecule has 0 aromatic carbocycles. The predicted molar refractivity (Wildman–Crippen MR) is 170 cm³/mol. The normalized spacial score (nSPS) is 39.3. The van der Waals surface area contributed by atoms with E-state index in [1.807, 2.05) is 0 Å². The molecule has 4 fully saturated rings. The second-order valence-corrected chi connectivity index (χ2v) is 16.8. The van der Waals surface area contributed by atoms with Crippen LogP contribution >= 0.6 is 26.9 Å². The smallest absolute Gasteiger partial charge is 0.388 e. The molecule has 6 heterocycles. The zero-order chi connectivity index (χ0) is 34.5. The summed E-state index contributed by atoms with van der Waals surface area (Å²) in [6.07, 6.45) is -2.28. The van der Waals surface area contributed by atoms with E-state index in [2.05, 4.69) is 42.2 Å². The molecule has 2 aliphatic heterocycles. The van der Waals surface area contributed by atoms with Crippen LogP contribution in [0.5, 0.6) is 0 Å². The van der Waals surface area contributed by atoms with Gasteiger partial charge >= 0.3 is 14.6 Å². The molecule has 1 spiro atoms. The molecule has 2 saturated carbocycles. The van der Waals surface area contributed by atoms with Gasteiger partial charge in [-0.1, -0.05) is 12.2 Å². The van der Waals surface area contributed by atoms with Crippen molar-refractivity contribution in [3.8, 4) is 0 Å². The number of nitrogens with one attached hydrogen (secondary N) is 1. The molecule has 4 N–H and O–H groups in total. The van der Waals surface area contributed by atoms with Gasteiger partial charge in [-0.05, 0) is 26.2 Å². The molecule has 264 valence electrons. The molecule has 11 atom stereocenters. The number of methoxy groups -OCH3 is 1. The van der Waals surface area contributed by atoms with E-state index >= 15 is 0 Å². The van der Waals surface area contributed by atoms with Gasteiger partial charge in [0.05, 0.1) is 38.5 Å². The van der Waals surface area contributed by atoms with Gasteiger partial charge in [0.15, 0.2) is 28.9 Å². The van der Waals surface area contributed by atoms with Crippen molar-refractivity contribution in [3.63, 3.8) is 0 Å². The second kappa shape index (κ2) is 11.9. The van der Waals surface area contributed by atoms with Crippen LogP contribution in [-0.2, 0) is 41.2 Å². The number of phosphoric ester groups is 1. The van der Waals surface area contributed by atoms with E-state index in [1.54, 1.807) is 18.4 Å². The monoisotopic (exact) mass is 741 g/mol. The third-order valence-electron chi connectivity index (χ3n) is 9.59. The van der Waals surface area contributed by atoms with Crippen molar-refractivity contribution in [1.82, 2.24) is 39.0 Å². The SMILES string of the molecule is CCO[P@]1(=O)OCC23C[C@@H]2[C@@H](n2cnc4c(N)ncnc42)[C@H](O)[C@@H]3O[P@@](=O)(S)OC[C@H]2O[C@@H](n3cnc4c(=O)[nH]c(C)nc43)[C@H](O1)[C@@H]2OC. The number of thiol groups is 1. The molecule has 23 heteroatoms. The van der Waals surface area contributed by atoms with Gasteiger partial charge in [-0.2, -0.15) is 0 Å². The third kappa shape index (κ3) is 5.38. The zero-order valence-electron chi connectivity index (χ0n) is 26.3. The molecule has 2 saturated heterocycles. The van der Waals surface area contributed by atoms with E-state index < -0.39 is 68.4 Å². The number of nitrogens with two attached hydrogens (primary N) is 1. The maximum Gasteiger partial charge on any atom is 0.475 e. The number of imidazole rings is 2.